The second-order valence-electron chi connectivity index (χ2n) is 8.83. The number of methoxy groups -OCH3 is 1. The van der Waals surface area contributed by atoms with E-state index in [-0.39, 0.29) is 46.7 Å². The van der Waals surface area contributed by atoms with Gasteiger partial charge in [-0.3, -0.25) is 9.36 Å². The average molecular weight is 570 g/mol. The van der Waals surface area contributed by atoms with Gasteiger partial charge in [-0.1, -0.05) is 27.7 Å². The molecule has 0 saturated heterocycles. The van der Waals surface area contributed by atoms with E-state index in [1.807, 2.05) is 13.8 Å². The van der Waals surface area contributed by atoms with Gasteiger partial charge >= 0.3 is 6.18 Å². The number of phenols is 1. The van der Waals surface area contributed by atoms with Gasteiger partial charge in [0.2, 0.25) is 15.8 Å². The summed E-state index contributed by atoms with van der Waals surface area (Å²) in [5.74, 6) is -1.61. The Kier molecular flexibility index (Phi) is 8.91. The maximum atomic E-state index is 12.9. The smallest absolute Gasteiger partial charge is 0.405 e. The number of carbonyl (C=O) groups is 1. The normalized spacial score (nSPS) is 12.3. The fourth-order valence-electron chi connectivity index (χ4n) is 3.98. The number of sulfonamides is 1. The Bertz CT molecular complexity index is 1430. The number of rotatable bonds is 10. The lowest BCUT2D eigenvalue weighted by molar-refractivity contribution is -0.123. The zero-order valence-corrected chi connectivity index (χ0v) is 22.9. The minimum atomic E-state index is -4.66. The molecule has 10 nitrogen and oxygen atoms in total. The maximum Gasteiger partial charge on any atom is 0.405 e. The summed E-state index contributed by atoms with van der Waals surface area (Å²) in [7, 11) is -2.35. The first kappa shape index (κ1) is 29.9. The summed E-state index contributed by atoms with van der Waals surface area (Å²) in [4.78, 5) is 12.8. The Labute approximate surface area is 224 Å². The van der Waals surface area contributed by atoms with Gasteiger partial charge in [-0.05, 0) is 41.8 Å². The largest absolute Gasteiger partial charge is 0.507 e. The predicted octanol–water partition coefficient (Wildman–Crippen LogP) is 4.09. The Hall–Kier alpha value is -3.65. The van der Waals surface area contributed by atoms with Crippen LogP contribution in [0.5, 0.6) is 11.5 Å². The van der Waals surface area contributed by atoms with Gasteiger partial charge in [0.15, 0.2) is 5.82 Å². The molecule has 14 heteroatoms. The van der Waals surface area contributed by atoms with Gasteiger partial charge in [0, 0.05) is 24.8 Å². The second kappa shape index (κ2) is 11.6. The van der Waals surface area contributed by atoms with Crippen LogP contribution in [0.3, 0.4) is 0 Å². The van der Waals surface area contributed by atoms with Gasteiger partial charge in [-0.25, -0.2) is 8.42 Å². The van der Waals surface area contributed by atoms with Crippen molar-refractivity contribution in [3.8, 4) is 28.6 Å². The van der Waals surface area contributed by atoms with E-state index in [0.717, 1.165) is 4.57 Å². The van der Waals surface area contributed by atoms with E-state index in [2.05, 4.69) is 10.2 Å². The van der Waals surface area contributed by atoms with Crippen LogP contribution in [0.2, 0.25) is 0 Å². The van der Waals surface area contributed by atoms with Gasteiger partial charge < -0.3 is 15.2 Å². The van der Waals surface area contributed by atoms with E-state index < -0.39 is 34.5 Å². The number of hydrogen-bond acceptors (Lipinski definition) is 7. The minimum Gasteiger partial charge on any atom is -0.507 e. The number of alkyl halides is 3. The standard InChI is InChI=1S/C25H30F3N5O5S/c1-6-32(7-2)39(36,37)17-10-8-16(9-11-17)33-22(30-31-23(33)24(35)29-14-25(26,27)28)19-12-18(15(3)4)21(38-5)13-20(19)34/h8-13,15,34H,6-7,14H2,1-5H3,(H,29,35). The molecular formula is C25H30F3N5O5S. The summed E-state index contributed by atoms with van der Waals surface area (Å²) in [5.41, 5.74) is 1.03. The van der Waals surface area contributed by atoms with E-state index in [0.29, 0.717) is 11.3 Å². The number of phenolic OH excluding ortho intramolecular Hbond substituents is 1. The molecule has 39 heavy (non-hydrogen) atoms. The second-order valence-corrected chi connectivity index (χ2v) is 10.8. The fraction of sp³-hybridized carbons (Fsp3) is 0.400. The first-order valence-electron chi connectivity index (χ1n) is 12.1. The molecule has 0 unspecified atom stereocenters. The molecule has 1 heterocycles. The van der Waals surface area contributed by atoms with Crippen LogP contribution in [0.4, 0.5) is 13.2 Å². The molecule has 0 fully saturated rings. The molecule has 0 atom stereocenters. The molecule has 0 radical (unpaired) electrons. The highest BCUT2D eigenvalue weighted by Crippen LogP contribution is 2.38. The number of carbonyl (C=O) groups excluding carboxylic acids is 1. The molecule has 0 spiro atoms. The van der Waals surface area contributed by atoms with Gasteiger partial charge in [0.25, 0.3) is 5.91 Å². The Morgan fingerprint density at radius 1 is 1.13 bits per heavy atom. The van der Waals surface area contributed by atoms with Crippen LogP contribution in [-0.4, -0.2) is 71.4 Å². The lowest BCUT2D eigenvalue weighted by Gasteiger charge is -2.19. The van der Waals surface area contributed by atoms with Crippen LogP contribution in [0, 0.1) is 0 Å². The summed E-state index contributed by atoms with van der Waals surface area (Å²) in [6, 6.07) is 8.36. The van der Waals surface area contributed by atoms with Gasteiger partial charge in [-0.15, -0.1) is 10.2 Å². The van der Waals surface area contributed by atoms with Crippen molar-refractivity contribution >= 4 is 15.9 Å². The molecule has 1 amide bonds. The number of nitrogens with one attached hydrogen (secondary N) is 1. The highest BCUT2D eigenvalue weighted by molar-refractivity contribution is 7.89. The quantitative estimate of drug-likeness (QED) is 0.377. The van der Waals surface area contributed by atoms with E-state index in [4.69, 9.17) is 4.74 Å². The summed E-state index contributed by atoms with van der Waals surface area (Å²) in [6.07, 6.45) is -4.66. The van der Waals surface area contributed by atoms with Crippen molar-refractivity contribution in [1.82, 2.24) is 24.4 Å². The third kappa shape index (κ3) is 6.33. The number of halogens is 3. The highest BCUT2D eigenvalue weighted by atomic mass is 32.2. The van der Waals surface area contributed by atoms with E-state index in [1.165, 1.54) is 41.7 Å². The Morgan fingerprint density at radius 2 is 1.74 bits per heavy atom. The average Bonchev–Trinajstić information content (AvgIpc) is 3.32. The molecule has 2 aromatic carbocycles. The third-order valence-corrected chi connectivity index (χ3v) is 8.03. The van der Waals surface area contributed by atoms with Crippen molar-refractivity contribution in [2.24, 2.45) is 0 Å². The zero-order valence-electron chi connectivity index (χ0n) is 22.1. The zero-order chi connectivity index (χ0) is 29.1. The predicted molar refractivity (Wildman–Crippen MR) is 138 cm³/mol. The minimum absolute atomic E-state index is 0.0120. The summed E-state index contributed by atoms with van der Waals surface area (Å²) in [5, 5.41) is 20.4. The molecular weight excluding hydrogens is 539 g/mol. The molecule has 3 rings (SSSR count). The first-order valence-corrected chi connectivity index (χ1v) is 13.5. The summed E-state index contributed by atoms with van der Waals surface area (Å²) < 4.78 is 72.0. The number of ether oxygens (including phenoxy) is 1. The van der Waals surface area contributed by atoms with Gasteiger partial charge in [0.05, 0.1) is 17.6 Å². The van der Waals surface area contributed by atoms with E-state index in [9.17, 15) is 31.5 Å². The third-order valence-electron chi connectivity index (χ3n) is 5.96. The molecule has 1 aromatic heterocycles. The summed E-state index contributed by atoms with van der Waals surface area (Å²) in [6.45, 7) is 6.13. The number of aromatic hydroxyl groups is 1. The number of benzene rings is 2. The Balaban J connectivity index is 2.21. The SMILES string of the molecule is CCN(CC)S(=O)(=O)c1ccc(-n2c(C(=O)NCC(F)(F)F)nnc2-c2cc(C(C)C)c(OC)cc2O)cc1. The number of hydrogen-bond donors (Lipinski definition) is 2. The lowest BCUT2D eigenvalue weighted by atomic mass is 9.98. The van der Waals surface area contributed by atoms with E-state index in [1.54, 1.807) is 25.2 Å². The topological polar surface area (TPSA) is 127 Å². The molecule has 212 valence electrons. The monoisotopic (exact) mass is 569 g/mol. The maximum absolute atomic E-state index is 12.9. The molecule has 3 aromatic rings. The molecule has 0 aliphatic heterocycles. The van der Waals surface area contributed by atoms with Crippen molar-refractivity contribution in [2.45, 2.75) is 44.7 Å². The molecule has 2 N–H and O–H groups in total. The van der Waals surface area contributed by atoms with Crippen molar-refractivity contribution < 1.29 is 36.2 Å². The fourth-order valence-corrected chi connectivity index (χ4v) is 5.44. The van der Waals surface area contributed by atoms with Crippen LogP contribution in [0.15, 0.2) is 41.3 Å². The number of amides is 1. The van der Waals surface area contributed by atoms with Crippen LogP contribution in [0.1, 0.15) is 49.8 Å². The number of aromatic nitrogens is 3. The van der Waals surface area contributed by atoms with Crippen LogP contribution in [-0.2, 0) is 10.0 Å². The first-order chi connectivity index (χ1) is 18.2. The van der Waals surface area contributed by atoms with Crippen molar-refractivity contribution in [2.75, 3.05) is 26.7 Å². The van der Waals surface area contributed by atoms with Crippen molar-refractivity contribution in [3.63, 3.8) is 0 Å². The summed E-state index contributed by atoms with van der Waals surface area (Å²) >= 11 is 0. The molecule has 0 aliphatic carbocycles. The molecule has 0 saturated carbocycles. The number of nitrogens with zero attached hydrogens (tertiary/aromatic N) is 4. The van der Waals surface area contributed by atoms with Crippen molar-refractivity contribution in [3.05, 3.63) is 47.8 Å². The van der Waals surface area contributed by atoms with Crippen LogP contribution < -0.4 is 10.1 Å². The highest BCUT2D eigenvalue weighted by Gasteiger charge is 2.31. The van der Waals surface area contributed by atoms with Crippen LogP contribution in [0.25, 0.3) is 17.1 Å². The molecule has 0 bridgehead atoms. The lowest BCUT2D eigenvalue weighted by Crippen LogP contribution is -2.35. The van der Waals surface area contributed by atoms with E-state index >= 15 is 0 Å². The van der Waals surface area contributed by atoms with Gasteiger partial charge in [-0.2, -0.15) is 17.5 Å². The van der Waals surface area contributed by atoms with Gasteiger partial charge in [0.1, 0.15) is 18.0 Å². The van der Waals surface area contributed by atoms with Crippen LogP contribution >= 0.6 is 0 Å². The van der Waals surface area contributed by atoms with Crippen molar-refractivity contribution in [1.29, 1.82) is 0 Å². The molecule has 0 aliphatic rings. The Morgan fingerprint density at radius 3 is 2.26 bits per heavy atom.